The maximum Gasteiger partial charge on any atom is 0.0946 e. The van der Waals surface area contributed by atoms with Crippen LogP contribution in [0.3, 0.4) is 0 Å². The molecule has 0 saturated carbocycles. The lowest BCUT2D eigenvalue weighted by molar-refractivity contribution is -0.0359. The van der Waals surface area contributed by atoms with Gasteiger partial charge in [-0.15, -0.1) is 0 Å². The van der Waals surface area contributed by atoms with Crippen LogP contribution in [0.4, 0.5) is 0 Å². The molecule has 5 heteroatoms. The van der Waals surface area contributed by atoms with Crippen molar-refractivity contribution in [1.82, 2.24) is 19.4 Å². The minimum atomic E-state index is -0.614. The van der Waals surface area contributed by atoms with E-state index in [1.165, 1.54) is 0 Å². The number of rotatable bonds is 4. The van der Waals surface area contributed by atoms with Crippen molar-refractivity contribution in [2.75, 3.05) is 13.1 Å². The molecule has 2 aromatic heterocycles. The second-order valence-corrected chi connectivity index (χ2v) is 6.01. The molecule has 0 aliphatic carbocycles. The van der Waals surface area contributed by atoms with Crippen LogP contribution in [0.25, 0.3) is 0 Å². The maximum absolute atomic E-state index is 10.7. The first kappa shape index (κ1) is 14.2. The normalized spacial score (nSPS) is 18.8. The quantitative estimate of drug-likeness (QED) is 0.928. The lowest BCUT2D eigenvalue weighted by Crippen LogP contribution is -2.46. The molecule has 0 spiro atoms. The van der Waals surface area contributed by atoms with E-state index in [-0.39, 0.29) is 0 Å². The Kier molecular flexibility index (Phi) is 4.03. The summed E-state index contributed by atoms with van der Waals surface area (Å²) >= 11 is 0. The Labute approximate surface area is 125 Å². The van der Waals surface area contributed by atoms with Crippen LogP contribution in [0.15, 0.2) is 36.9 Å². The van der Waals surface area contributed by atoms with Gasteiger partial charge in [0.2, 0.25) is 0 Å². The number of aromatic nitrogens is 3. The van der Waals surface area contributed by atoms with E-state index in [0.717, 1.165) is 43.9 Å². The summed E-state index contributed by atoms with van der Waals surface area (Å²) < 4.78 is 1.96. The van der Waals surface area contributed by atoms with Gasteiger partial charge in [-0.25, -0.2) is 4.98 Å². The summed E-state index contributed by atoms with van der Waals surface area (Å²) in [7, 11) is 0. The van der Waals surface area contributed by atoms with Crippen LogP contribution in [-0.4, -0.2) is 43.2 Å². The van der Waals surface area contributed by atoms with Gasteiger partial charge < -0.3 is 9.67 Å². The van der Waals surface area contributed by atoms with Crippen LogP contribution >= 0.6 is 0 Å². The minimum Gasteiger partial charge on any atom is -0.388 e. The summed E-state index contributed by atoms with van der Waals surface area (Å²) in [6, 6.07) is 6.14. The number of pyridine rings is 1. The van der Waals surface area contributed by atoms with Gasteiger partial charge in [0.25, 0.3) is 0 Å². The summed E-state index contributed by atoms with van der Waals surface area (Å²) in [5.41, 5.74) is 1.55. The number of piperidine rings is 1. The lowest BCUT2D eigenvalue weighted by atomic mass is 9.91. The van der Waals surface area contributed by atoms with E-state index in [1.54, 1.807) is 12.5 Å². The molecule has 112 valence electrons. The van der Waals surface area contributed by atoms with Gasteiger partial charge in [0.15, 0.2) is 0 Å². The maximum atomic E-state index is 10.7. The standard InChI is InChI=1S/C16H22N4O/c1-14-3-2-4-15(18-14)11-19-8-5-16(21,6-9-19)12-20-10-7-17-13-20/h2-4,7,10,13,21H,5-6,8-9,11-12H2,1H3. The highest BCUT2D eigenvalue weighted by Crippen LogP contribution is 2.24. The monoisotopic (exact) mass is 286 g/mol. The molecule has 1 fully saturated rings. The Hall–Kier alpha value is -1.72. The molecule has 5 nitrogen and oxygen atoms in total. The second-order valence-electron chi connectivity index (χ2n) is 6.01. The van der Waals surface area contributed by atoms with Gasteiger partial charge in [-0.3, -0.25) is 9.88 Å². The largest absolute Gasteiger partial charge is 0.388 e. The van der Waals surface area contributed by atoms with E-state index < -0.39 is 5.60 Å². The van der Waals surface area contributed by atoms with Gasteiger partial charge >= 0.3 is 0 Å². The van der Waals surface area contributed by atoms with Crippen molar-refractivity contribution in [2.24, 2.45) is 0 Å². The fourth-order valence-corrected chi connectivity index (χ4v) is 2.92. The molecule has 3 rings (SSSR count). The molecular formula is C16H22N4O. The van der Waals surface area contributed by atoms with Crippen molar-refractivity contribution in [2.45, 2.75) is 38.5 Å². The molecule has 0 radical (unpaired) electrons. The Bertz CT molecular complexity index is 574. The summed E-state index contributed by atoms with van der Waals surface area (Å²) in [5.74, 6) is 0. The van der Waals surface area contributed by atoms with Gasteiger partial charge in [-0.1, -0.05) is 6.07 Å². The van der Waals surface area contributed by atoms with Crippen LogP contribution in [0.2, 0.25) is 0 Å². The van der Waals surface area contributed by atoms with Crippen molar-refractivity contribution >= 4 is 0 Å². The van der Waals surface area contributed by atoms with Crippen molar-refractivity contribution < 1.29 is 5.11 Å². The molecule has 0 bridgehead atoms. The lowest BCUT2D eigenvalue weighted by Gasteiger charge is -2.38. The zero-order valence-electron chi connectivity index (χ0n) is 12.4. The van der Waals surface area contributed by atoms with E-state index in [0.29, 0.717) is 6.54 Å². The fraction of sp³-hybridized carbons (Fsp3) is 0.500. The molecule has 1 saturated heterocycles. The SMILES string of the molecule is Cc1cccc(CN2CCC(O)(Cn3ccnc3)CC2)n1. The molecule has 3 heterocycles. The van der Waals surface area contributed by atoms with Crippen molar-refractivity contribution in [3.63, 3.8) is 0 Å². The molecule has 0 unspecified atom stereocenters. The van der Waals surface area contributed by atoms with E-state index in [1.807, 2.05) is 23.8 Å². The number of hydrogen-bond donors (Lipinski definition) is 1. The highest BCUT2D eigenvalue weighted by molar-refractivity contribution is 5.10. The summed E-state index contributed by atoms with van der Waals surface area (Å²) in [4.78, 5) is 10.9. The van der Waals surface area contributed by atoms with Crippen LogP contribution in [0, 0.1) is 6.92 Å². The Morgan fingerprint density at radius 3 is 2.76 bits per heavy atom. The van der Waals surface area contributed by atoms with Crippen molar-refractivity contribution in [1.29, 1.82) is 0 Å². The molecule has 0 aromatic carbocycles. The Morgan fingerprint density at radius 2 is 2.10 bits per heavy atom. The van der Waals surface area contributed by atoms with E-state index in [9.17, 15) is 5.11 Å². The van der Waals surface area contributed by atoms with Crippen molar-refractivity contribution in [3.05, 3.63) is 48.3 Å². The number of nitrogens with zero attached hydrogens (tertiary/aromatic N) is 4. The average molecular weight is 286 g/mol. The zero-order valence-corrected chi connectivity index (χ0v) is 12.4. The number of hydrogen-bond acceptors (Lipinski definition) is 4. The number of aliphatic hydroxyl groups is 1. The van der Waals surface area contributed by atoms with Crippen LogP contribution in [0.1, 0.15) is 24.2 Å². The third kappa shape index (κ3) is 3.68. The van der Waals surface area contributed by atoms with E-state index in [2.05, 4.69) is 27.0 Å². The first-order chi connectivity index (χ1) is 10.1. The highest BCUT2D eigenvalue weighted by atomic mass is 16.3. The smallest absolute Gasteiger partial charge is 0.0946 e. The Balaban J connectivity index is 1.55. The van der Waals surface area contributed by atoms with Crippen LogP contribution < -0.4 is 0 Å². The van der Waals surface area contributed by atoms with Gasteiger partial charge in [-0.05, 0) is 31.9 Å². The first-order valence-corrected chi connectivity index (χ1v) is 7.46. The van der Waals surface area contributed by atoms with Crippen LogP contribution in [-0.2, 0) is 13.1 Å². The third-order valence-corrected chi connectivity index (χ3v) is 4.15. The predicted octanol–water partition coefficient (Wildman–Crippen LogP) is 1.61. The Morgan fingerprint density at radius 1 is 1.29 bits per heavy atom. The number of likely N-dealkylation sites (tertiary alicyclic amines) is 1. The molecule has 1 aliphatic heterocycles. The summed E-state index contributed by atoms with van der Waals surface area (Å²) in [5, 5.41) is 10.7. The van der Waals surface area contributed by atoms with Crippen LogP contribution in [0.5, 0.6) is 0 Å². The van der Waals surface area contributed by atoms with Crippen molar-refractivity contribution in [3.8, 4) is 0 Å². The predicted molar refractivity (Wildman–Crippen MR) is 80.7 cm³/mol. The van der Waals surface area contributed by atoms with E-state index >= 15 is 0 Å². The van der Waals surface area contributed by atoms with Gasteiger partial charge in [0.1, 0.15) is 0 Å². The average Bonchev–Trinajstić information content (AvgIpc) is 2.94. The zero-order chi connectivity index (χ0) is 14.7. The molecule has 0 amide bonds. The molecule has 0 atom stereocenters. The topological polar surface area (TPSA) is 54.2 Å². The highest BCUT2D eigenvalue weighted by Gasteiger charge is 2.32. The minimum absolute atomic E-state index is 0.614. The number of imidazole rings is 1. The van der Waals surface area contributed by atoms with Gasteiger partial charge in [0, 0.05) is 37.7 Å². The molecular weight excluding hydrogens is 264 g/mol. The number of aryl methyl sites for hydroxylation is 1. The molecule has 1 N–H and O–H groups in total. The summed E-state index contributed by atoms with van der Waals surface area (Å²) in [6.07, 6.45) is 7.00. The summed E-state index contributed by atoms with van der Waals surface area (Å²) in [6.45, 7) is 5.32. The fourth-order valence-electron chi connectivity index (χ4n) is 2.92. The molecule has 21 heavy (non-hydrogen) atoms. The van der Waals surface area contributed by atoms with E-state index in [4.69, 9.17) is 0 Å². The molecule has 1 aliphatic rings. The van der Waals surface area contributed by atoms with Gasteiger partial charge in [0.05, 0.1) is 24.2 Å². The second kappa shape index (κ2) is 5.95. The van der Waals surface area contributed by atoms with Gasteiger partial charge in [-0.2, -0.15) is 0 Å². The third-order valence-electron chi connectivity index (χ3n) is 4.15. The molecule has 2 aromatic rings. The first-order valence-electron chi connectivity index (χ1n) is 7.46.